The Hall–Kier alpha value is -0.0800. The molecule has 50 valence electrons. The predicted octanol–water partition coefficient (Wildman–Crippen LogP) is 0.495. The molecule has 0 spiro atoms. The molecule has 1 atom stereocenters. The summed E-state index contributed by atoms with van der Waals surface area (Å²) in [4.78, 5) is 0. The van der Waals surface area contributed by atoms with Gasteiger partial charge < -0.3 is 10.8 Å². The number of hydrogen-bond acceptors (Lipinski definition) is 2. The minimum atomic E-state index is -0.282. The van der Waals surface area contributed by atoms with E-state index in [1.807, 2.05) is 13.8 Å². The van der Waals surface area contributed by atoms with Gasteiger partial charge in [0.15, 0.2) is 0 Å². The van der Waals surface area contributed by atoms with Crippen molar-refractivity contribution >= 4 is 0 Å². The predicted molar refractivity (Wildman–Crippen MR) is 34.6 cm³/mol. The van der Waals surface area contributed by atoms with Crippen molar-refractivity contribution < 1.29 is 5.11 Å². The molecule has 3 N–H and O–H groups in total. The highest BCUT2D eigenvalue weighted by atomic mass is 16.3. The first-order chi connectivity index (χ1) is 3.42. The molecule has 0 aromatic rings. The lowest BCUT2D eigenvalue weighted by Gasteiger charge is -2.19. The molecule has 0 saturated carbocycles. The van der Waals surface area contributed by atoms with Crippen molar-refractivity contribution in [2.75, 3.05) is 0 Å². The zero-order chi connectivity index (χ0) is 6.78. The van der Waals surface area contributed by atoms with Crippen molar-refractivity contribution in [2.45, 2.75) is 38.8 Å². The standard InChI is InChI=1S/C6H15NO/c1-5(8)4-6(2,3)7/h5,8H,4,7H2,1-3H3. The van der Waals surface area contributed by atoms with Gasteiger partial charge in [-0.2, -0.15) is 0 Å². The van der Waals surface area contributed by atoms with Crippen LogP contribution in [0.2, 0.25) is 0 Å². The summed E-state index contributed by atoms with van der Waals surface area (Å²) >= 11 is 0. The van der Waals surface area contributed by atoms with Crippen LogP contribution in [-0.4, -0.2) is 16.7 Å². The molecule has 2 nitrogen and oxygen atoms in total. The van der Waals surface area contributed by atoms with E-state index in [0.717, 1.165) is 0 Å². The van der Waals surface area contributed by atoms with Crippen LogP contribution < -0.4 is 5.73 Å². The molecule has 0 heterocycles. The van der Waals surface area contributed by atoms with Crippen molar-refractivity contribution in [3.63, 3.8) is 0 Å². The third-order valence-electron chi connectivity index (χ3n) is 0.822. The molecule has 0 bridgehead atoms. The van der Waals surface area contributed by atoms with Crippen molar-refractivity contribution in [1.82, 2.24) is 0 Å². The Kier molecular flexibility index (Phi) is 2.44. The molecule has 0 aromatic carbocycles. The molecule has 0 rings (SSSR count). The van der Waals surface area contributed by atoms with E-state index in [1.165, 1.54) is 0 Å². The molecular formula is C6H15NO. The summed E-state index contributed by atoms with van der Waals surface area (Å²) in [5, 5.41) is 8.81. The lowest BCUT2D eigenvalue weighted by atomic mass is 9.99. The molecule has 2 heteroatoms. The Balaban J connectivity index is 3.39. The first-order valence-corrected chi connectivity index (χ1v) is 2.89. The monoisotopic (exact) mass is 117 g/mol. The zero-order valence-electron chi connectivity index (χ0n) is 5.81. The average molecular weight is 117 g/mol. The smallest absolute Gasteiger partial charge is 0.0529 e. The van der Waals surface area contributed by atoms with Gasteiger partial charge in [-0.05, 0) is 27.2 Å². The summed E-state index contributed by atoms with van der Waals surface area (Å²) < 4.78 is 0. The largest absolute Gasteiger partial charge is 0.393 e. The molecule has 0 amide bonds. The van der Waals surface area contributed by atoms with Gasteiger partial charge >= 0.3 is 0 Å². The average Bonchev–Trinajstić information content (AvgIpc) is 1.21. The van der Waals surface area contributed by atoms with E-state index in [9.17, 15) is 0 Å². The summed E-state index contributed by atoms with van der Waals surface area (Å²) in [5.41, 5.74) is 5.35. The third kappa shape index (κ3) is 5.92. The van der Waals surface area contributed by atoms with Crippen molar-refractivity contribution in [3.8, 4) is 0 Å². The van der Waals surface area contributed by atoms with Crippen LogP contribution in [0.3, 0.4) is 0 Å². The van der Waals surface area contributed by atoms with Crippen molar-refractivity contribution in [1.29, 1.82) is 0 Å². The van der Waals surface area contributed by atoms with Gasteiger partial charge in [-0.3, -0.25) is 0 Å². The van der Waals surface area contributed by atoms with Gasteiger partial charge in [0.1, 0.15) is 0 Å². The molecule has 0 fully saturated rings. The summed E-state index contributed by atoms with van der Waals surface area (Å²) in [6, 6.07) is 0. The normalized spacial score (nSPS) is 16.1. The Morgan fingerprint density at radius 3 is 2.00 bits per heavy atom. The van der Waals surface area contributed by atoms with E-state index in [1.54, 1.807) is 6.92 Å². The van der Waals surface area contributed by atoms with Gasteiger partial charge in [-0.15, -0.1) is 0 Å². The summed E-state index contributed by atoms with van der Waals surface area (Å²) in [6.45, 7) is 5.55. The summed E-state index contributed by atoms with van der Waals surface area (Å²) in [5.74, 6) is 0. The number of rotatable bonds is 2. The fourth-order valence-corrected chi connectivity index (χ4v) is 0.761. The number of nitrogens with two attached hydrogens (primary N) is 1. The fourth-order valence-electron chi connectivity index (χ4n) is 0.761. The highest BCUT2D eigenvalue weighted by Crippen LogP contribution is 2.05. The Morgan fingerprint density at radius 2 is 2.00 bits per heavy atom. The summed E-state index contributed by atoms with van der Waals surface area (Å²) in [7, 11) is 0. The van der Waals surface area contributed by atoms with E-state index in [2.05, 4.69) is 0 Å². The first kappa shape index (κ1) is 7.92. The van der Waals surface area contributed by atoms with Crippen LogP contribution in [0.1, 0.15) is 27.2 Å². The molecule has 1 unspecified atom stereocenters. The Bertz CT molecular complexity index is 63.4. The highest BCUT2D eigenvalue weighted by molar-refractivity contribution is 4.73. The second-order valence-electron chi connectivity index (χ2n) is 3.04. The van der Waals surface area contributed by atoms with Crippen LogP contribution in [0.5, 0.6) is 0 Å². The van der Waals surface area contributed by atoms with Crippen LogP contribution in [0, 0.1) is 0 Å². The molecule has 0 saturated heterocycles. The van der Waals surface area contributed by atoms with Crippen LogP contribution in [-0.2, 0) is 0 Å². The second-order valence-corrected chi connectivity index (χ2v) is 3.04. The molecule has 0 aliphatic carbocycles. The Morgan fingerprint density at radius 1 is 1.62 bits per heavy atom. The van der Waals surface area contributed by atoms with E-state index >= 15 is 0 Å². The maximum Gasteiger partial charge on any atom is 0.0529 e. The topological polar surface area (TPSA) is 46.2 Å². The molecule has 0 aromatic heterocycles. The van der Waals surface area contributed by atoms with Gasteiger partial charge in [0, 0.05) is 5.54 Å². The van der Waals surface area contributed by atoms with E-state index in [-0.39, 0.29) is 11.6 Å². The Labute approximate surface area is 50.7 Å². The number of aliphatic hydroxyl groups excluding tert-OH is 1. The molecule has 0 radical (unpaired) electrons. The van der Waals surface area contributed by atoms with E-state index < -0.39 is 0 Å². The van der Waals surface area contributed by atoms with Crippen LogP contribution in [0.15, 0.2) is 0 Å². The molecular weight excluding hydrogens is 102 g/mol. The minimum Gasteiger partial charge on any atom is -0.393 e. The summed E-state index contributed by atoms with van der Waals surface area (Å²) in [6.07, 6.45) is 0.377. The second kappa shape index (κ2) is 2.46. The minimum absolute atomic E-state index is 0.228. The van der Waals surface area contributed by atoms with Crippen LogP contribution >= 0.6 is 0 Å². The van der Waals surface area contributed by atoms with E-state index in [4.69, 9.17) is 10.8 Å². The van der Waals surface area contributed by atoms with Gasteiger partial charge in [-0.1, -0.05) is 0 Å². The van der Waals surface area contributed by atoms with Crippen molar-refractivity contribution in [3.05, 3.63) is 0 Å². The molecule has 0 aliphatic rings. The molecule has 8 heavy (non-hydrogen) atoms. The van der Waals surface area contributed by atoms with Gasteiger partial charge in [0.25, 0.3) is 0 Å². The number of hydrogen-bond donors (Lipinski definition) is 2. The first-order valence-electron chi connectivity index (χ1n) is 2.89. The lowest BCUT2D eigenvalue weighted by Crippen LogP contribution is -2.35. The maximum absolute atomic E-state index is 8.81. The maximum atomic E-state index is 8.81. The third-order valence-corrected chi connectivity index (χ3v) is 0.822. The van der Waals surface area contributed by atoms with Gasteiger partial charge in [-0.25, -0.2) is 0 Å². The quantitative estimate of drug-likeness (QED) is 0.553. The SMILES string of the molecule is CC(O)CC(C)(C)N. The van der Waals surface area contributed by atoms with Gasteiger partial charge in [0.05, 0.1) is 6.10 Å². The fraction of sp³-hybridized carbons (Fsp3) is 1.00. The highest BCUT2D eigenvalue weighted by Gasteiger charge is 2.12. The lowest BCUT2D eigenvalue weighted by molar-refractivity contribution is 0.158. The number of aliphatic hydroxyl groups is 1. The molecule has 0 aliphatic heterocycles. The van der Waals surface area contributed by atoms with Gasteiger partial charge in [0.2, 0.25) is 0 Å². The van der Waals surface area contributed by atoms with Crippen molar-refractivity contribution in [2.24, 2.45) is 5.73 Å². The van der Waals surface area contributed by atoms with E-state index in [0.29, 0.717) is 6.42 Å². The van der Waals surface area contributed by atoms with Crippen LogP contribution in [0.4, 0.5) is 0 Å². The van der Waals surface area contributed by atoms with Crippen LogP contribution in [0.25, 0.3) is 0 Å². The zero-order valence-corrected chi connectivity index (χ0v) is 5.81.